The highest BCUT2D eigenvalue weighted by Gasteiger charge is 2.10. The minimum Gasteiger partial charge on any atom is -0.497 e. The Morgan fingerprint density at radius 2 is 2.00 bits per heavy atom. The van der Waals surface area contributed by atoms with Crippen LogP contribution in [-0.2, 0) is 4.79 Å². The van der Waals surface area contributed by atoms with Crippen LogP contribution in [0.25, 0.3) is 6.08 Å². The number of rotatable bonds is 7. The van der Waals surface area contributed by atoms with Gasteiger partial charge in [-0.05, 0) is 48.0 Å². The van der Waals surface area contributed by atoms with E-state index >= 15 is 0 Å². The van der Waals surface area contributed by atoms with Crippen LogP contribution >= 0.6 is 0 Å². The van der Waals surface area contributed by atoms with Gasteiger partial charge in [-0.1, -0.05) is 24.8 Å². The molecule has 1 N–H and O–H groups in total. The summed E-state index contributed by atoms with van der Waals surface area (Å²) in [6, 6.07) is 15.9. The maximum absolute atomic E-state index is 12.3. The fraction of sp³-hybridized carbons (Fsp3) is 0.100. The van der Waals surface area contributed by atoms with E-state index in [9.17, 15) is 10.1 Å². The second kappa shape index (κ2) is 8.94. The van der Waals surface area contributed by atoms with E-state index in [0.29, 0.717) is 29.4 Å². The van der Waals surface area contributed by atoms with E-state index < -0.39 is 5.91 Å². The predicted octanol–water partition coefficient (Wildman–Crippen LogP) is 3.81. The molecule has 0 spiro atoms. The molecule has 2 aromatic carbocycles. The van der Waals surface area contributed by atoms with Gasteiger partial charge in [-0.15, -0.1) is 0 Å². The van der Waals surface area contributed by atoms with Gasteiger partial charge in [0.1, 0.15) is 29.7 Å². The van der Waals surface area contributed by atoms with E-state index in [1.807, 2.05) is 6.07 Å². The van der Waals surface area contributed by atoms with Crippen LogP contribution in [-0.4, -0.2) is 19.6 Å². The largest absolute Gasteiger partial charge is 0.497 e. The number of hydrogen-bond acceptors (Lipinski definition) is 4. The third-order valence-corrected chi connectivity index (χ3v) is 3.25. The molecule has 0 aliphatic rings. The molecule has 5 heteroatoms. The zero-order chi connectivity index (χ0) is 18.1. The summed E-state index contributed by atoms with van der Waals surface area (Å²) in [5, 5.41) is 12.0. The number of benzene rings is 2. The van der Waals surface area contributed by atoms with Crippen molar-refractivity contribution in [2.75, 3.05) is 19.0 Å². The topological polar surface area (TPSA) is 71.3 Å². The number of hydrogen-bond donors (Lipinski definition) is 1. The Hall–Kier alpha value is -3.52. The first-order chi connectivity index (χ1) is 12.2. The standard InChI is InChI=1S/C20H18N2O3/c1-3-11-25-19-6-4-5-15(13-19)12-16(14-21)20(23)22-17-7-9-18(24-2)10-8-17/h3-10,12-13H,1,11H2,2H3,(H,22,23)/b16-12-. The molecule has 0 aliphatic carbocycles. The van der Waals surface area contributed by atoms with Crippen LogP contribution in [0, 0.1) is 11.3 Å². The first-order valence-corrected chi connectivity index (χ1v) is 7.57. The van der Waals surface area contributed by atoms with Crippen molar-refractivity contribution in [3.8, 4) is 17.6 Å². The van der Waals surface area contributed by atoms with Gasteiger partial charge in [-0.25, -0.2) is 0 Å². The van der Waals surface area contributed by atoms with Crippen LogP contribution in [0.2, 0.25) is 0 Å². The number of nitrogens with zero attached hydrogens (tertiary/aromatic N) is 1. The first-order valence-electron chi connectivity index (χ1n) is 7.57. The molecule has 0 atom stereocenters. The molecule has 5 nitrogen and oxygen atoms in total. The molecule has 2 aromatic rings. The number of carbonyl (C=O) groups excluding carboxylic acids is 1. The van der Waals surface area contributed by atoms with Gasteiger partial charge in [-0.2, -0.15) is 5.26 Å². The average Bonchev–Trinajstić information content (AvgIpc) is 2.65. The van der Waals surface area contributed by atoms with Crippen molar-refractivity contribution in [3.63, 3.8) is 0 Å². The molecule has 0 radical (unpaired) electrons. The SMILES string of the molecule is C=CCOc1cccc(/C=C(/C#N)C(=O)Nc2ccc(OC)cc2)c1. The number of ether oxygens (including phenoxy) is 2. The number of carbonyl (C=O) groups is 1. The van der Waals surface area contributed by atoms with Crippen molar-refractivity contribution < 1.29 is 14.3 Å². The minimum absolute atomic E-state index is 0.00307. The highest BCUT2D eigenvalue weighted by molar-refractivity contribution is 6.09. The van der Waals surface area contributed by atoms with Gasteiger partial charge in [0.15, 0.2) is 0 Å². The van der Waals surface area contributed by atoms with E-state index in [1.165, 1.54) is 6.08 Å². The molecule has 0 aromatic heterocycles. The fourth-order valence-electron chi connectivity index (χ4n) is 2.04. The lowest BCUT2D eigenvalue weighted by Crippen LogP contribution is -2.13. The maximum atomic E-state index is 12.3. The lowest BCUT2D eigenvalue weighted by Gasteiger charge is -2.06. The molecule has 0 aliphatic heterocycles. The molecule has 0 saturated heterocycles. The monoisotopic (exact) mass is 334 g/mol. The average molecular weight is 334 g/mol. The summed E-state index contributed by atoms with van der Waals surface area (Å²) in [5.74, 6) is 0.844. The Balaban J connectivity index is 2.14. The normalized spacial score (nSPS) is 10.5. The van der Waals surface area contributed by atoms with Crippen molar-refractivity contribution in [2.45, 2.75) is 0 Å². The molecule has 1 amide bonds. The molecule has 0 unspecified atom stereocenters. The van der Waals surface area contributed by atoms with E-state index in [0.717, 1.165) is 0 Å². The zero-order valence-electron chi connectivity index (χ0n) is 13.9. The summed E-state index contributed by atoms with van der Waals surface area (Å²) in [7, 11) is 1.57. The van der Waals surface area contributed by atoms with E-state index in [4.69, 9.17) is 9.47 Å². The van der Waals surface area contributed by atoms with E-state index in [-0.39, 0.29) is 5.57 Å². The highest BCUT2D eigenvalue weighted by Crippen LogP contribution is 2.18. The van der Waals surface area contributed by atoms with E-state index in [2.05, 4.69) is 11.9 Å². The molecular formula is C20H18N2O3. The lowest BCUT2D eigenvalue weighted by molar-refractivity contribution is -0.112. The lowest BCUT2D eigenvalue weighted by atomic mass is 10.1. The van der Waals surface area contributed by atoms with Crippen LogP contribution in [0.15, 0.2) is 66.8 Å². The molecule has 0 heterocycles. The highest BCUT2D eigenvalue weighted by atomic mass is 16.5. The van der Waals surface area contributed by atoms with Crippen LogP contribution in [0.4, 0.5) is 5.69 Å². The molecule has 0 bridgehead atoms. The Labute approximate surface area is 146 Å². The fourth-order valence-corrected chi connectivity index (χ4v) is 2.04. The number of anilines is 1. The third kappa shape index (κ3) is 5.26. The smallest absolute Gasteiger partial charge is 0.266 e. The van der Waals surface area contributed by atoms with Crippen LogP contribution < -0.4 is 14.8 Å². The zero-order valence-corrected chi connectivity index (χ0v) is 13.9. The number of nitriles is 1. The molecule has 0 fully saturated rings. The van der Waals surface area contributed by atoms with Gasteiger partial charge in [0.05, 0.1) is 7.11 Å². The van der Waals surface area contributed by atoms with Crippen molar-refractivity contribution >= 4 is 17.7 Å². The maximum Gasteiger partial charge on any atom is 0.266 e. The summed E-state index contributed by atoms with van der Waals surface area (Å²) >= 11 is 0. The van der Waals surface area contributed by atoms with Crippen LogP contribution in [0.3, 0.4) is 0 Å². The van der Waals surface area contributed by atoms with Crippen molar-refractivity contribution in [3.05, 3.63) is 72.3 Å². The molecule has 0 saturated carbocycles. The Morgan fingerprint density at radius 3 is 2.64 bits per heavy atom. The summed E-state index contributed by atoms with van der Waals surface area (Å²) in [4.78, 5) is 12.3. The predicted molar refractivity (Wildman–Crippen MR) is 97.3 cm³/mol. The van der Waals surface area contributed by atoms with Crippen LogP contribution in [0.5, 0.6) is 11.5 Å². The number of amides is 1. The molecule has 25 heavy (non-hydrogen) atoms. The molecule has 126 valence electrons. The van der Waals surface area contributed by atoms with Gasteiger partial charge < -0.3 is 14.8 Å². The van der Waals surface area contributed by atoms with Gasteiger partial charge >= 0.3 is 0 Å². The quantitative estimate of drug-likeness (QED) is 0.475. The Bertz CT molecular complexity index is 818. The van der Waals surface area contributed by atoms with Gasteiger partial charge in [0.2, 0.25) is 0 Å². The van der Waals surface area contributed by atoms with E-state index in [1.54, 1.807) is 61.7 Å². The number of methoxy groups -OCH3 is 1. The van der Waals surface area contributed by atoms with Crippen molar-refractivity contribution in [2.24, 2.45) is 0 Å². The molecular weight excluding hydrogens is 316 g/mol. The van der Waals surface area contributed by atoms with Crippen LogP contribution in [0.1, 0.15) is 5.56 Å². The van der Waals surface area contributed by atoms with Gasteiger partial charge in [0, 0.05) is 5.69 Å². The number of nitrogens with one attached hydrogen (secondary N) is 1. The second-order valence-corrected chi connectivity index (χ2v) is 5.02. The summed E-state index contributed by atoms with van der Waals surface area (Å²) in [6.45, 7) is 3.98. The summed E-state index contributed by atoms with van der Waals surface area (Å²) in [6.07, 6.45) is 3.16. The summed E-state index contributed by atoms with van der Waals surface area (Å²) < 4.78 is 10.5. The third-order valence-electron chi connectivity index (χ3n) is 3.25. The Morgan fingerprint density at radius 1 is 1.24 bits per heavy atom. The first kappa shape index (κ1) is 17.8. The van der Waals surface area contributed by atoms with Crippen molar-refractivity contribution in [1.29, 1.82) is 5.26 Å². The minimum atomic E-state index is -0.481. The molecule has 2 rings (SSSR count). The second-order valence-electron chi connectivity index (χ2n) is 5.02. The summed E-state index contributed by atoms with van der Waals surface area (Å²) in [5.41, 5.74) is 1.27. The van der Waals surface area contributed by atoms with Gasteiger partial charge in [0.25, 0.3) is 5.91 Å². The Kier molecular flexibility index (Phi) is 6.38. The van der Waals surface area contributed by atoms with Crippen molar-refractivity contribution in [1.82, 2.24) is 0 Å². The van der Waals surface area contributed by atoms with Gasteiger partial charge in [-0.3, -0.25) is 4.79 Å².